The molecule has 0 bridgehead atoms. The van der Waals surface area contributed by atoms with Gasteiger partial charge in [-0.15, -0.1) is 0 Å². The second-order valence-corrected chi connectivity index (χ2v) is 4.37. The zero-order chi connectivity index (χ0) is 13.5. The molecular weight excluding hydrogens is 232 g/mol. The molecule has 0 saturated heterocycles. The lowest BCUT2D eigenvalue weighted by Gasteiger charge is -2.11. The Morgan fingerprint density at radius 1 is 1.44 bits per heavy atom. The van der Waals surface area contributed by atoms with Crippen LogP contribution in [0.15, 0.2) is 24.3 Å². The normalized spacial score (nSPS) is 11.8. The van der Waals surface area contributed by atoms with E-state index >= 15 is 0 Å². The van der Waals surface area contributed by atoms with E-state index in [1.807, 2.05) is 6.92 Å². The zero-order valence-electron chi connectivity index (χ0n) is 10.3. The number of nitrogen functional groups attached to an aromatic ring is 1. The molecular formula is C13H18N2O3. The number of anilines is 1. The minimum atomic E-state index is -0.816. The van der Waals surface area contributed by atoms with Gasteiger partial charge in [-0.2, -0.15) is 0 Å². The summed E-state index contributed by atoms with van der Waals surface area (Å²) < 4.78 is 0. The standard InChI is InChI=1S/C13H18N2O3/c1-9(5-6-12(16)17)8-15-13(18)10-3-2-4-11(14)7-10/h2-4,7,9H,5-6,8,14H2,1H3,(H,15,18)(H,16,17). The predicted molar refractivity (Wildman–Crippen MR) is 69.2 cm³/mol. The van der Waals surface area contributed by atoms with E-state index in [0.29, 0.717) is 24.2 Å². The third kappa shape index (κ3) is 4.86. The number of carboxylic acid groups (broad SMARTS) is 1. The monoisotopic (exact) mass is 250 g/mol. The van der Waals surface area contributed by atoms with Gasteiger partial charge in [0.25, 0.3) is 5.91 Å². The topological polar surface area (TPSA) is 92.4 Å². The van der Waals surface area contributed by atoms with E-state index in [4.69, 9.17) is 10.8 Å². The van der Waals surface area contributed by atoms with Gasteiger partial charge >= 0.3 is 5.97 Å². The second kappa shape index (κ2) is 6.64. The Labute approximate surface area is 106 Å². The van der Waals surface area contributed by atoms with E-state index in [-0.39, 0.29) is 18.2 Å². The Kier molecular flexibility index (Phi) is 5.17. The molecule has 0 saturated carbocycles. The Balaban J connectivity index is 2.39. The van der Waals surface area contributed by atoms with Crippen molar-refractivity contribution in [3.63, 3.8) is 0 Å². The lowest BCUT2D eigenvalue weighted by atomic mass is 10.1. The van der Waals surface area contributed by atoms with Crippen molar-refractivity contribution in [1.29, 1.82) is 0 Å². The van der Waals surface area contributed by atoms with Crippen LogP contribution in [0.25, 0.3) is 0 Å². The average Bonchev–Trinajstić information content (AvgIpc) is 2.33. The van der Waals surface area contributed by atoms with Crippen LogP contribution < -0.4 is 11.1 Å². The summed E-state index contributed by atoms with van der Waals surface area (Å²) in [5.74, 6) is -0.875. The van der Waals surface area contributed by atoms with Gasteiger partial charge in [0.15, 0.2) is 0 Å². The molecule has 18 heavy (non-hydrogen) atoms. The minimum absolute atomic E-state index is 0.120. The number of amides is 1. The van der Waals surface area contributed by atoms with Gasteiger partial charge in [0.1, 0.15) is 0 Å². The Morgan fingerprint density at radius 3 is 2.78 bits per heavy atom. The lowest BCUT2D eigenvalue weighted by molar-refractivity contribution is -0.137. The van der Waals surface area contributed by atoms with E-state index in [1.54, 1.807) is 24.3 Å². The molecule has 1 rings (SSSR count). The molecule has 0 aliphatic carbocycles. The van der Waals surface area contributed by atoms with E-state index in [9.17, 15) is 9.59 Å². The maximum absolute atomic E-state index is 11.8. The fourth-order valence-electron chi connectivity index (χ4n) is 1.52. The van der Waals surface area contributed by atoms with Crippen LogP contribution >= 0.6 is 0 Å². The highest BCUT2D eigenvalue weighted by molar-refractivity contribution is 5.94. The molecule has 0 aliphatic rings. The molecule has 0 aliphatic heterocycles. The molecule has 0 heterocycles. The Morgan fingerprint density at radius 2 is 2.17 bits per heavy atom. The van der Waals surface area contributed by atoms with Crippen molar-refractivity contribution < 1.29 is 14.7 Å². The molecule has 1 unspecified atom stereocenters. The van der Waals surface area contributed by atoms with Crippen molar-refractivity contribution in [1.82, 2.24) is 5.32 Å². The highest BCUT2D eigenvalue weighted by Gasteiger charge is 2.09. The van der Waals surface area contributed by atoms with Gasteiger partial charge in [-0.05, 0) is 30.5 Å². The predicted octanol–water partition coefficient (Wildman–Crippen LogP) is 1.50. The summed E-state index contributed by atoms with van der Waals surface area (Å²) in [6, 6.07) is 6.73. The van der Waals surface area contributed by atoms with Crippen molar-refractivity contribution >= 4 is 17.6 Å². The third-order valence-corrected chi connectivity index (χ3v) is 2.61. The Bertz CT molecular complexity index is 432. The maximum atomic E-state index is 11.8. The number of carboxylic acids is 1. The first-order chi connectivity index (χ1) is 8.49. The number of hydrogen-bond acceptors (Lipinski definition) is 3. The number of carbonyl (C=O) groups excluding carboxylic acids is 1. The smallest absolute Gasteiger partial charge is 0.303 e. The van der Waals surface area contributed by atoms with Crippen molar-refractivity contribution in [2.24, 2.45) is 5.92 Å². The van der Waals surface area contributed by atoms with Gasteiger partial charge < -0.3 is 16.2 Å². The van der Waals surface area contributed by atoms with Crippen molar-refractivity contribution in [3.8, 4) is 0 Å². The minimum Gasteiger partial charge on any atom is -0.481 e. The number of nitrogens with two attached hydrogens (primary N) is 1. The van der Waals surface area contributed by atoms with Gasteiger partial charge in [-0.3, -0.25) is 9.59 Å². The number of rotatable bonds is 6. The van der Waals surface area contributed by atoms with Crippen LogP contribution in [-0.2, 0) is 4.79 Å². The molecule has 1 aromatic rings. The van der Waals surface area contributed by atoms with Gasteiger partial charge in [0.05, 0.1) is 0 Å². The van der Waals surface area contributed by atoms with Crippen molar-refractivity contribution in [2.45, 2.75) is 19.8 Å². The van der Waals surface area contributed by atoms with E-state index < -0.39 is 5.97 Å². The van der Waals surface area contributed by atoms with Gasteiger partial charge in [-0.1, -0.05) is 13.0 Å². The highest BCUT2D eigenvalue weighted by Crippen LogP contribution is 2.08. The molecule has 0 spiro atoms. The number of aliphatic carboxylic acids is 1. The molecule has 1 aromatic carbocycles. The average molecular weight is 250 g/mol. The molecule has 5 nitrogen and oxygen atoms in total. The zero-order valence-corrected chi connectivity index (χ0v) is 10.3. The Hall–Kier alpha value is -2.04. The first kappa shape index (κ1) is 14.0. The molecule has 0 radical (unpaired) electrons. The van der Waals surface area contributed by atoms with Crippen molar-refractivity contribution in [3.05, 3.63) is 29.8 Å². The molecule has 0 fully saturated rings. The summed E-state index contributed by atoms with van der Waals surface area (Å²) in [4.78, 5) is 22.2. The summed E-state index contributed by atoms with van der Waals surface area (Å²) in [5.41, 5.74) is 6.65. The summed E-state index contributed by atoms with van der Waals surface area (Å²) in [6.45, 7) is 2.36. The maximum Gasteiger partial charge on any atom is 0.303 e. The highest BCUT2D eigenvalue weighted by atomic mass is 16.4. The van der Waals surface area contributed by atoms with Crippen LogP contribution in [0.2, 0.25) is 0 Å². The van der Waals surface area contributed by atoms with E-state index in [1.165, 1.54) is 0 Å². The first-order valence-corrected chi connectivity index (χ1v) is 5.84. The van der Waals surface area contributed by atoms with Gasteiger partial charge in [0, 0.05) is 24.2 Å². The van der Waals surface area contributed by atoms with Crippen LogP contribution in [0.1, 0.15) is 30.1 Å². The summed E-state index contributed by atoms with van der Waals surface area (Å²) in [6.07, 6.45) is 0.669. The number of hydrogen-bond donors (Lipinski definition) is 3. The second-order valence-electron chi connectivity index (χ2n) is 4.37. The fourth-order valence-corrected chi connectivity index (χ4v) is 1.52. The lowest BCUT2D eigenvalue weighted by Crippen LogP contribution is -2.28. The van der Waals surface area contributed by atoms with Crippen LogP contribution in [0.5, 0.6) is 0 Å². The van der Waals surface area contributed by atoms with E-state index in [0.717, 1.165) is 0 Å². The molecule has 4 N–H and O–H groups in total. The summed E-state index contributed by atoms with van der Waals surface area (Å²) >= 11 is 0. The number of benzene rings is 1. The van der Waals surface area contributed by atoms with Gasteiger partial charge in [0.2, 0.25) is 0 Å². The molecule has 0 aromatic heterocycles. The summed E-state index contributed by atoms with van der Waals surface area (Å²) in [5, 5.41) is 11.3. The molecule has 1 atom stereocenters. The quantitative estimate of drug-likeness (QED) is 0.667. The largest absolute Gasteiger partial charge is 0.481 e. The summed E-state index contributed by atoms with van der Waals surface area (Å²) in [7, 11) is 0. The van der Waals surface area contributed by atoms with E-state index in [2.05, 4.69) is 5.32 Å². The number of nitrogens with one attached hydrogen (secondary N) is 1. The molecule has 1 amide bonds. The van der Waals surface area contributed by atoms with Crippen LogP contribution in [0, 0.1) is 5.92 Å². The molecule has 5 heteroatoms. The fraction of sp³-hybridized carbons (Fsp3) is 0.385. The van der Waals surface area contributed by atoms with Crippen LogP contribution in [-0.4, -0.2) is 23.5 Å². The first-order valence-electron chi connectivity index (χ1n) is 5.84. The third-order valence-electron chi connectivity index (χ3n) is 2.61. The molecule has 98 valence electrons. The van der Waals surface area contributed by atoms with Crippen LogP contribution in [0.3, 0.4) is 0 Å². The van der Waals surface area contributed by atoms with Crippen LogP contribution in [0.4, 0.5) is 5.69 Å². The van der Waals surface area contributed by atoms with Gasteiger partial charge in [-0.25, -0.2) is 0 Å². The SMILES string of the molecule is CC(CCC(=O)O)CNC(=O)c1cccc(N)c1. The number of carbonyl (C=O) groups is 2. The van der Waals surface area contributed by atoms with Crippen molar-refractivity contribution in [2.75, 3.05) is 12.3 Å².